The van der Waals surface area contributed by atoms with E-state index in [0.717, 1.165) is 21.8 Å². The van der Waals surface area contributed by atoms with Crippen LogP contribution in [0.1, 0.15) is 66.8 Å². The number of hydrogen-bond donors (Lipinski definition) is 14. The molecule has 17 N–H and O–H groups in total. The van der Waals surface area contributed by atoms with Gasteiger partial charge in [0.1, 0.15) is 48.0 Å². The number of para-hydroxylation sites is 2. The maximum absolute atomic E-state index is 14.7. The number of phenols is 1. The first-order valence-corrected chi connectivity index (χ1v) is 27.1. The van der Waals surface area contributed by atoms with Gasteiger partial charge in [0.15, 0.2) is 0 Å². The minimum atomic E-state index is -1.38. The van der Waals surface area contributed by atoms with Crippen LogP contribution in [0.5, 0.6) is 5.75 Å². The number of rotatable bonds is 29. The molecule has 0 spiro atoms. The molecule has 0 aliphatic heterocycles. The number of unbranched alkanes of at least 4 members (excludes halogenated alkanes) is 1. The second kappa shape index (κ2) is 28.7. The van der Waals surface area contributed by atoms with Crippen molar-refractivity contribution in [2.45, 2.75) is 120 Å². The highest BCUT2D eigenvalue weighted by atomic mass is 16.3. The molecule has 0 saturated carbocycles. The van der Waals surface area contributed by atoms with Crippen LogP contribution in [-0.2, 0) is 70.5 Å². The van der Waals surface area contributed by atoms with Crippen LogP contribution in [0.4, 0.5) is 0 Å². The summed E-state index contributed by atoms with van der Waals surface area (Å²) in [5.41, 5.74) is 23.0. The maximum atomic E-state index is 14.7. The zero-order valence-electron chi connectivity index (χ0n) is 45.9. The van der Waals surface area contributed by atoms with Crippen LogP contribution in [-0.4, -0.2) is 127 Å². The van der Waals surface area contributed by atoms with E-state index in [2.05, 4.69) is 57.2 Å². The average Bonchev–Trinajstić information content (AvgIpc) is 4.43. The Labute approximate surface area is 473 Å². The lowest BCUT2D eigenvalue weighted by atomic mass is 10.0. The van der Waals surface area contributed by atoms with Gasteiger partial charge in [0.05, 0.1) is 12.4 Å². The van der Waals surface area contributed by atoms with Crippen LogP contribution in [0.15, 0.2) is 122 Å². The van der Waals surface area contributed by atoms with E-state index in [0.29, 0.717) is 53.0 Å². The molecule has 7 rings (SSSR count). The highest BCUT2D eigenvalue weighted by Crippen LogP contribution is 2.24. The topological polar surface area (TPSA) is 379 Å². The summed E-state index contributed by atoms with van der Waals surface area (Å²) < 4.78 is 0. The average molecular weight is 1120 g/mol. The number of aromatic hydroxyl groups is 1. The van der Waals surface area contributed by atoms with Crippen LogP contribution < -0.4 is 54.4 Å². The van der Waals surface area contributed by atoms with Crippen molar-refractivity contribution in [2.24, 2.45) is 17.2 Å². The van der Waals surface area contributed by atoms with Gasteiger partial charge in [-0.25, -0.2) is 4.98 Å². The third kappa shape index (κ3) is 16.6. The molecule has 8 atom stereocenters. The van der Waals surface area contributed by atoms with Gasteiger partial charge in [-0.2, -0.15) is 0 Å². The lowest BCUT2D eigenvalue weighted by Gasteiger charge is -2.27. The van der Waals surface area contributed by atoms with Crippen molar-refractivity contribution in [3.63, 3.8) is 0 Å². The normalized spacial score (nSPS) is 14.2. The molecule has 23 heteroatoms. The first-order chi connectivity index (χ1) is 39.4. The molecule has 3 aromatic heterocycles. The Morgan fingerprint density at radius 2 is 1.07 bits per heavy atom. The summed E-state index contributed by atoms with van der Waals surface area (Å²) in [4.78, 5) is 126. The van der Waals surface area contributed by atoms with Crippen LogP contribution in [0, 0.1) is 6.92 Å². The standard InChI is InChI=1S/C59H72N14O9/c1-33-43(42-16-8-10-18-46(42)66-33)29-51(73-59(82)50(28-39-31-63-32-65-39)71-53(76)34(2)67-55(78)44(61)25-37-20-22-40(74)23-21-37)56(79)68-35(3)54(77)70-49(27-38-30-64-45-17-9-7-15-41(38)45)58(81)72-48(26-36-13-5-4-6-14-36)57(80)69-47(52(62)75)19-11-12-24-60/h4-10,13-18,20-23,30-32,34-35,44,47-51,64,66,74H,11-12,19,24-29,60-61H2,1-3H3,(H2,62,75)(H,63,65)(H,67,78)(H,68,79)(H,69,80)(H,70,77)(H,71,76)(H,72,81)(H,73,82)/t34-,35-,44-,47-,48-,49-,50-,51+/m0/s1. The van der Waals surface area contributed by atoms with E-state index >= 15 is 0 Å². The van der Waals surface area contributed by atoms with E-state index in [1.165, 1.54) is 38.5 Å². The largest absolute Gasteiger partial charge is 0.508 e. The summed E-state index contributed by atoms with van der Waals surface area (Å²) in [7, 11) is 0. The van der Waals surface area contributed by atoms with Gasteiger partial charge in [-0.15, -0.1) is 0 Å². The fourth-order valence-electron chi connectivity index (χ4n) is 9.56. The van der Waals surface area contributed by atoms with E-state index in [-0.39, 0.29) is 44.3 Å². The monoisotopic (exact) mass is 1120 g/mol. The van der Waals surface area contributed by atoms with E-state index in [1.807, 2.05) is 55.5 Å². The highest BCUT2D eigenvalue weighted by molar-refractivity contribution is 5.99. The summed E-state index contributed by atoms with van der Waals surface area (Å²) in [6, 6.07) is 20.0. The third-order valence-electron chi connectivity index (χ3n) is 14.2. The minimum Gasteiger partial charge on any atom is -0.508 e. The molecule has 82 heavy (non-hydrogen) atoms. The smallest absolute Gasteiger partial charge is 0.243 e. The summed E-state index contributed by atoms with van der Waals surface area (Å²) in [6.45, 7) is 5.04. The molecule has 432 valence electrons. The quantitative estimate of drug-likeness (QED) is 0.0295. The summed E-state index contributed by atoms with van der Waals surface area (Å²) in [5, 5.41) is 30.4. The Hall–Kier alpha value is -9.35. The van der Waals surface area contributed by atoms with Gasteiger partial charge in [-0.05, 0) is 99.5 Å². The number of phenolic OH excluding ortho intramolecular Hbond substituents is 1. The zero-order valence-corrected chi connectivity index (χ0v) is 45.9. The minimum absolute atomic E-state index is 0.00958. The van der Waals surface area contributed by atoms with E-state index in [4.69, 9.17) is 17.2 Å². The van der Waals surface area contributed by atoms with Crippen LogP contribution >= 0.6 is 0 Å². The van der Waals surface area contributed by atoms with Gasteiger partial charge in [0, 0.05) is 71.3 Å². The van der Waals surface area contributed by atoms with Crippen molar-refractivity contribution in [3.8, 4) is 5.75 Å². The number of primary amides is 1. The lowest BCUT2D eigenvalue weighted by Crippen LogP contribution is -2.60. The van der Waals surface area contributed by atoms with Crippen LogP contribution in [0.25, 0.3) is 21.8 Å². The highest BCUT2D eigenvalue weighted by Gasteiger charge is 2.34. The Morgan fingerprint density at radius 1 is 0.549 bits per heavy atom. The van der Waals surface area contributed by atoms with Gasteiger partial charge in [0.2, 0.25) is 47.3 Å². The zero-order chi connectivity index (χ0) is 58.9. The molecule has 0 saturated heterocycles. The Balaban J connectivity index is 1.11. The summed E-state index contributed by atoms with van der Waals surface area (Å²) in [6.07, 6.45) is 5.76. The Bertz CT molecular complexity index is 3330. The summed E-state index contributed by atoms with van der Waals surface area (Å²) >= 11 is 0. The lowest BCUT2D eigenvalue weighted by molar-refractivity contribution is -0.135. The number of aromatic nitrogens is 4. The molecule has 4 aromatic carbocycles. The van der Waals surface area contributed by atoms with E-state index < -0.39 is 95.6 Å². The molecular weight excluding hydrogens is 1050 g/mol. The number of nitrogens with zero attached hydrogens (tertiary/aromatic N) is 1. The third-order valence-corrected chi connectivity index (χ3v) is 14.2. The number of nitrogens with two attached hydrogens (primary N) is 3. The Morgan fingerprint density at radius 3 is 1.70 bits per heavy atom. The second-order valence-electron chi connectivity index (χ2n) is 20.4. The van der Waals surface area contributed by atoms with Gasteiger partial charge >= 0.3 is 0 Å². The SMILES string of the molecule is Cc1[nH]c2ccccc2c1C[C@@H](NC(=O)[C@H](Cc1cnc[nH]1)NC(=O)[C@H](C)NC(=O)[C@@H](N)Cc1ccc(O)cc1)C(=O)N[C@@H](C)C(=O)N[C@@H](Cc1c[nH]c2ccccc12)C(=O)N[C@@H](Cc1ccccc1)C(=O)N[C@@H](CCCCN)C(N)=O. The molecule has 3 heterocycles. The van der Waals surface area contributed by atoms with Crippen molar-refractivity contribution in [1.29, 1.82) is 0 Å². The predicted octanol–water partition coefficient (Wildman–Crippen LogP) is 1.27. The van der Waals surface area contributed by atoms with Crippen molar-refractivity contribution in [3.05, 3.63) is 155 Å². The van der Waals surface area contributed by atoms with Gasteiger partial charge in [-0.3, -0.25) is 38.4 Å². The maximum Gasteiger partial charge on any atom is 0.243 e. The number of H-pyrrole nitrogens is 3. The second-order valence-corrected chi connectivity index (χ2v) is 20.4. The Kier molecular flexibility index (Phi) is 21.1. The number of fused-ring (bicyclic) bond motifs is 2. The number of aryl methyl sites for hydroxylation is 1. The first-order valence-electron chi connectivity index (χ1n) is 27.1. The number of amides is 8. The van der Waals surface area contributed by atoms with Crippen LogP contribution in [0.2, 0.25) is 0 Å². The van der Waals surface area contributed by atoms with E-state index in [1.54, 1.807) is 48.7 Å². The molecule has 0 radical (unpaired) electrons. The van der Waals surface area contributed by atoms with Crippen molar-refractivity contribution in [2.75, 3.05) is 6.54 Å². The number of imidazole rings is 1. The number of aromatic amines is 3. The molecule has 8 amide bonds. The number of benzene rings is 4. The van der Waals surface area contributed by atoms with Crippen molar-refractivity contribution < 1.29 is 43.5 Å². The molecule has 0 aliphatic carbocycles. The fraction of sp³-hybridized carbons (Fsp3) is 0.339. The molecule has 0 fully saturated rings. The molecule has 0 unspecified atom stereocenters. The molecule has 0 bridgehead atoms. The number of hydrogen-bond acceptors (Lipinski definition) is 12. The molecule has 7 aromatic rings. The van der Waals surface area contributed by atoms with Crippen molar-refractivity contribution >= 4 is 69.1 Å². The predicted molar refractivity (Wildman–Crippen MR) is 308 cm³/mol. The van der Waals surface area contributed by atoms with Gasteiger partial charge in [-0.1, -0.05) is 78.9 Å². The van der Waals surface area contributed by atoms with Gasteiger partial charge in [0.25, 0.3) is 0 Å². The van der Waals surface area contributed by atoms with Crippen LogP contribution in [0.3, 0.4) is 0 Å². The molecule has 23 nitrogen and oxygen atoms in total. The first kappa shape index (κ1) is 60.3. The number of carbonyl (C=O) groups excluding carboxylic acids is 8. The summed E-state index contributed by atoms with van der Waals surface area (Å²) in [5.74, 6) is -5.88. The fourth-order valence-corrected chi connectivity index (χ4v) is 9.56. The van der Waals surface area contributed by atoms with Gasteiger partial charge < -0.3 is 74.5 Å². The van der Waals surface area contributed by atoms with Crippen molar-refractivity contribution in [1.82, 2.24) is 57.2 Å². The number of carbonyl (C=O) groups is 8. The van der Waals surface area contributed by atoms with E-state index in [9.17, 15) is 43.5 Å². The number of nitrogens with one attached hydrogen (secondary N) is 10. The molecule has 0 aliphatic rings. The molecular formula is C59H72N14O9.